The summed E-state index contributed by atoms with van der Waals surface area (Å²) in [6, 6.07) is 8.33. The van der Waals surface area contributed by atoms with Crippen LogP contribution in [-0.2, 0) is 17.0 Å². The van der Waals surface area contributed by atoms with Crippen molar-refractivity contribution in [2.24, 2.45) is 0 Å². The molecular formula is C15H17NO2S2. The van der Waals surface area contributed by atoms with Gasteiger partial charge in [-0.3, -0.25) is 4.79 Å². The fourth-order valence-corrected chi connectivity index (χ4v) is 3.20. The van der Waals surface area contributed by atoms with Crippen molar-refractivity contribution in [2.75, 3.05) is 0 Å². The third-order valence-electron chi connectivity index (χ3n) is 2.69. The van der Waals surface area contributed by atoms with Crippen LogP contribution in [0.3, 0.4) is 0 Å². The highest BCUT2D eigenvalue weighted by molar-refractivity contribution is 7.99. The van der Waals surface area contributed by atoms with Crippen molar-refractivity contribution >= 4 is 29.1 Å². The average molecular weight is 307 g/mol. The van der Waals surface area contributed by atoms with Crippen molar-refractivity contribution in [2.45, 2.75) is 31.3 Å². The van der Waals surface area contributed by atoms with E-state index in [2.05, 4.69) is 43.1 Å². The molecule has 0 unspecified atom stereocenters. The summed E-state index contributed by atoms with van der Waals surface area (Å²) in [6.07, 6.45) is -0.00617. The van der Waals surface area contributed by atoms with Crippen molar-refractivity contribution in [3.63, 3.8) is 0 Å². The Labute approximate surface area is 127 Å². The molecule has 0 aliphatic rings. The Hall–Kier alpha value is -1.33. The van der Waals surface area contributed by atoms with E-state index in [-0.39, 0.29) is 6.42 Å². The molecule has 2 rings (SSSR count). The first-order chi connectivity index (χ1) is 9.54. The second kappa shape index (κ2) is 6.90. The molecule has 1 aromatic carbocycles. The first-order valence-electron chi connectivity index (χ1n) is 6.41. The van der Waals surface area contributed by atoms with Gasteiger partial charge in [0.05, 0.1) is 12.1 Å². The quantitative estimate of drug-likeness (QED) is 0.873. The first-order valence-corrected chi connectivity index (χ1v) is 8.34. The van der Waals surface area contributed by atoms with E-state index in [9.17, 15) is 4.79 Å². The smallest absolute Gasteiger partial charge is 0.310 e. The van der Waals surface area contributed by atoms with E-state index < -0.39 is 5.97 Å². The normalized spacial score (nSPS) is 10.9. The van der Waals surface area contributed by atoms with E-state index >= 15 is 0 Å². The van der Waals surface area contributed by atoms with Crippen molar-refractivity contribution in [1.29, 1.82) is 0 Å². The standard InChI is InChI=1S/C15H17NO2S2/c1-10(2)19-8-11-3-5-12(6-4-11)13-9-20-14(16-13)7-15(17)18/h3-6,9-10H,7-8H2,1-2H3,(H,17,18). The summed E-state index contributed by atoms with van der Waals surface area (Å²) in [5.74, 6) is 0.172. The van der Waals surface area contributed by atoms with Gasteiger partial charge in [-0.1, -0.05) is 38.1 Å². The van der Waals surface area contributed by atoms with E-state index in [0.717, 1.165) is 17.0 Å². The number of aromatic nitrogens is 1. The number of rotatable bonds is 6. The van der Waals surface area contributed by atoms with E-state index in [1.807, 2.05) is 17.1 Å². The molecule has 3 nitrogen and oxygen atoms in total. The summed E-state index contributed by atoms with van der Waals surface area (Å²) in [4.78, 5) is 15.0. The van der Waals surface area contributed by atoms with Gasteiger partial charge in [-0.2, -0.15) is 11.8 Å². The Balaban J connectivity index is 2.05. The van der Waals surface area contributed by atoms with Crippen LogP contribution in [-0.4, -0.2) is 21.3 Å². The van der Waals surface area contributed by atoms with Crippen LogP contribution in [0.2, 0.25) is 0 Å². The van der Waals surface area contributed by atoms with Gasteiger partial charge in [-0.05, 0) is 10.8 Å². The lowest BCUT2D eigenvalue weighted by Crippen LogP contribution is -1.99. The molecule has 0 atom stereocenters. The minimum atomic E-state index is -0.841. The van der Waals surface area contributed by atoms with Crippen LogP contribution in [0.4, 0.5) is 0 Å². The summed E-state index contributed by atoms with van der Waals surface area (Å²) in [5, 5.41) is 11.9. The summed E-state index contributed by atoms with van der Waals surface area (Å²) in [5.41, 5.74) is 3.19. The molecule has 1 N–H and O–H groups in total. The Morgan fingerprint density at radius 1 is 1.35 bits per heavy atom. The molecule has 0 radical (unpaired) electrons. The second-order valence-corrected chi connectivity index (χ2v) is 7.26. The van der Waals surface area contributed by atoms with Gasteiger partial charge in [0, 0.05) is 16.7 Å². The Morgan fingerprint density at radius 2 is 2.05 bits per heavy atom. The largest absolute Gasteiger partial charge is 0.481 e. The highest BCUT2D eigenvalue weighted by Crippen LogP contribution is 2.24. The number of aliphatic carboxylic acids is 1. The zero-order valence-electron chi connectivity index (χ0n) is 11.5. The topological polar surface area (TPSA) is 50.2 Å². The molecular weight excluding hydrogens is 290 g/mol. The zero-order chi connectivity index (χ0) is 14.5. The second-order valence-electron chi connectivity index (χ2n) is 4.75. The molecule has 106 valence electrons. The maximum atomic E-state index is 10.7. The van der Waals surface area contributed by atoms with Crippen molar-refractivity contribution in [3.05, 3.63) is 40.2 Å². The van der Waals surface area contributed by atoms with Crippen LogP contribution in [0.15, 0.2) is 29.6 Å². The van der Waals surface area contributed by atoms with Gasteiger partial charge < -0.3 is 5.11 Å². The number of benzene rings is 1. The minimum Gasteiger partial charge on any atom is -0.481 e. The third kappa shape index (κ3) is 4.35. The summed E-state index contributed by atoms with van der Waals surface area (Å²) >= 11 is 3.31. The number of carboxylic acid groups (broad SMARTS) is 1. The van der Waals surface area contributed by atoms with E-state index in [0.29, 0.717) is 10.3 Å². The van der Waals surface area contributed by atoms with Gasteiger partial charge in [-0.25, -0.2) is 4.98 Å². The molecule has 2 aromatic rings. The molecule has 0 bridgehead atoms. The highest BCUT2D eigenvalue weighted by Gasteiger charge is 2.08. The lowest BCUT2D eigenvalue weighted by molar-refractivity contribution is -0.136. The van der Waals surface area contributed by atoms with Gasteiger partial charge >= 0.3 is 5.97 Å². The first kappa shape index (κ1) is 15.1. The lowest BCUT2D eigenvalue weighted by Gasteiger charge is -2.05. The number of hydrogen-bond acceptors (Lipinski definition) is 4. The molecule has 0 spiro atoms. The van der Waals surface area contributed by atoms with E-state index in [1.165, 1.54) is 16.9 Å². The van der Waals surface area contributed by atoms with Gasteiger partial charge in [-0.15, -0.1) is 11.3 Å². The summed E-state index contributed by atoms with van der Waals surface area (Å²) in [7, 11) is 0. The average Bonchev–Trinajstić information content (AvgIpc) is 2.84. The maximum Gasteiger partial charge on any atom is 0.310 e. The number of carboxylic acids is 1. The van der Waals surface area contributed by atoms with Crippen molar-refractivity contribution in [3.8, 4) is 11.3 Å². The van der Waals surface area contributed by atoms with Crippen molar-refractivity contribution in [1.82, 2.24) is 4.98 Å². The molecule has 1 heterocycles. The predicted octanol–water partition coefficient (Wildman–Crippen LogP) is 4.08. The van der Waals surface area contributed by atoms with Gasteiger partial charge in [0.25, 0.3) is 0 Å². The lowest BCUT2D eigenvalue weighted by atomic mass is 10.1. The molecule has 0 saturated heterocycles. The number of thioether (sulfide) groups is 1. The van der Waals surface area contributed by atoms with Crippen LogP contribution in [0.5, 0.6) is 0 Å². The van der Waals surface area contributed by atoms with Gasteiger partial charge in [0.1, 0.15) is 5.01 Å². The molecule has 0 amide bonds. The Morgan fingerprint density at radius 3 is 2.65 bits per heavy atom. The summed E-state index contributed by atoms with van der Waals surface area (Å²) < 4.78 is 0. The maximum absolute atomic E-state index is 10.7. The molecule has 20 heavy (non-hydrogen) atoms. The van der Waals surface area contributed by atoms with Crippen LogP contribution >= 0.6 is 23.1 Å². The molecule has 0 aliphatic carbocycles. The van der Waals surface area contributed by atoms with Crippen LogP contribution < -0.4 is 0 Å². The fraction of sp³-hybridized carbons (Fsp3) is 0.333. The molecule has 1 aromatic heterocycles. The molecule has 0 saturated carbocycles. The van der Waals surface area contributed by atoms with Crippen LogP contribution in [0, 0.1) is 0 Å². The fourth-order valence-electron chi connectivity index (χ4n) is 1.69. The SMILES string of the molecule is CC(C)SCc1ccc(-c2csc(CC(=O)O)n2)cc1. The number of thiazole rings is 1. The minimum absolute atomic E-state index is 0.00617. The molecule has 0 fully saturated rings. The Bertz CT molecular complexity index is 576. The molecule has 0 aliphatic heterocycles. The third-order valence-corrected chi connectivity index (χ3v) is 4.70. The number of hydrogen-bond donors (Lipinski definition) is 1. The van der Waals surface area contributed by atoms with E-state index in [1.54, 1.807) is 0 Å². The van der Waals surface area contributed by atoms with Crippen molar-refractivity contribution < 1.29 is 9.90 Å². The highest BCUT2D eigenvalue weighted by atomic mass is 32.2. The molecule has 5 heteroatoms. The van der Waals surface area contributed by atoms with Gasteiger partial charge in [0.2, 0.25) is 0 Å². The number of carbonyl (C=O) groups is 1. The predicted molar refractivity (Wildman–Crippen MR) is 85.3 cm³/mol. The van der Waals surface area contributed by atoms with E-state index in [4.69, 9.17) is 5.11 Å². The van der Waals surface area contributed by atoms with Gasteiger partial charge in [0.15, 0.2) is 0 Å². The van der Waals surface area contributed by atoms with Crippen LogP contribution in [0.1, 0.15) is 24.4 Å². The monoisotopic (exact) mass is 307 g/mol. The zero-order valence-corrected chi connectivity index (χ0v) is 13.1. The number of nitrogens with zero attached hydrogens (tertiary/aromatic N) is 1. The van der Waals surface area contributed by atoms with Crippen LogP contribution in [0.25, 0.3) is 11.3 Å². The summed E-state index contributed by atoms with van der Waals surface area (Å²) in [6.45, 7) is 4.39. The Kier molecular flexibility index (Phi) is 5.20.